The van der Waals surface area contributed by atoms with Gasteiger partial charge in [0.1, 0.15) is 0 Å². The van der Waals surface area contributed by atoms with Gasteiger partial charge in [-0.05, 0) is 0 Å². The van der Waals surface area contributed by atoms with Gasteiger partial charge in [-0.1, -0.05) is 0 Å². The number of para-hydroxylation sites is 2. The van der Waals surface area contributed by atoms with Crippen LogP contribution in [0.3, 0.4) is 0 Å². The minimum absolute atomic E-state index is 0. The molecule has 0 saturated heterocycles. The first-order chi connectivity index (χ1) is 13.4. The van der Waals surface area contributed by atoms with Crippen LogP contribution in [0.25, 0.3) is 21.8 Å². The van der Waals surface area contributed by atoms with Gasteiger partial charge in [-0.15, -0.1) is 0 Å². The maximum Gasteiger partial charge on any atom is 0 e. The Hall–Kier alpha value is -2.14. The third-order valence-corrected chi connectivity index (χ3v) is 5.19. The van der Waals surface area contributed by atoms with Gasteiger partial charge in [-0.2, -0.15) is 0 Å². The number of nitrogens with zero attached hydrogens (tertiary/aromatic N) is 2. The predicted molar refractivity (Wildman–Crippen MR) is 108 cm³/mol. The Balaban J connectivity index is 0.000000200. The summed E-state index contributed by atoms with van der Waals surface area (Å²) in [4.78, 5) is 29.5. The molecule has 0 bridgehead atoms. The average molecular weight is 568 g/mol. The van der Waals surface area contributed by atoms with Crippen molar-refractivity contribution in [3.63, 3.8) is 0 Å². The molecule has 0 spiro atoms. The van der Waals surface area contributed by atoms with Crippen LogP contribution in [0.5, 0.6) is 0 Å². The second-order valence-corrected chi connectivity index (χ2v) is 7.50. The first-order valence-corrected chi connectivity index (χ1v) is 9.68. The van der Waals surface area contributed by atoms with E-state index in [1.165, 1.54) is 12.1 Å². The van der Waals surface area contributed by atoms with Crippen molar-refractivity contribution in [1.29, 1.82) is 0 Å². The number of carboxylic acid groups (broad SMARTS) is 2. The van der Waals surface area contributed by atoms with Crippen molar-refractivity contribution >= 4 is 74.7 Å². The molecular formula is C20H12N2O4Se2Zn. The molecule has 2 heterocycles. The Labute approximate surface area is 195 Å². The van der Waals surface area contributed by atoms with Crippen molar-refractivity contribution in [1.82, 2.24) is 9.97 Å². The minimum atomic E-state index is -1.00. The quantitative estimate of drug-likeness (QED) is 0.356. The normalized spacial score (nSPS) is 9.93. The first kappa shape index (κ1) is 23.1. The molecule has 0 atom stereocenters. The van der Waals surface area contributed by atoms with Crippen LogP contribution in [0.2, 0.25) is 0 Å². The zero-order chi connectivity index (χ0) is 20.3. The third-order valence-electron chi connectivity index (χ3n) is 3.80. The van der Waals surface area contributed by atoms with Gasteiger partial charge in [0.2, 0.25) is 0 Å². The minimum Gasteiger partial charge on any atom is 0 e. The topological polar surface area (TPSA) is 100 Å². The molecule has 2 aromatic heterocycles. The second-order valence-electron chi connectivity index (χ2n) is 5.66. The van der Waals surface area contributed by atoms with Gasteiger partial charge in [0.05, 0.1) is 0 Å². The summed E-state index contributed by atoms with van der Waals surface area (Å²) < 4.78 is 1.73. The van der Waals surface area contributed by atoms with E-state index in [-0.39, 0.29) is 30.9 Å². The van der Waals surface area contributed by atoms with Crippen molar-refractivity contribution in [2.75, 3.05) is 0 Å². The molecule has 2 radical (unpaired) electrons. The molecule has 0 amide bonds. The van der Waals surface area contributed by atoms with Crippen LogP contribution in [0.15, 0.2) is 60.7 Å². The van der Waals surface area contributed by atoms with E-state index in [4.69, 9.17) is 10.2 Å². The molecule has 0 fully saturated rings. The van der Waals surface area contributed by atoms with Crippen LogP contribution in [0, 0.1) is 0 Å². The molecule has 2 aromatic carbocycles. The van der Waals surface area contributed by atoms with Gasteiger partial charge in [-0.3, -0.25) is 0 Å². The van der Waals surface area contributed by atoms with E-state index >= 15 is 0 Å². The number of pyridine rings is 2. The molecule has 0 aliphatic carbocycles. The Kier molecular flexibility index (Phi) is 8.03. The summed E-state index contributed by atoms with van der Waals surface area (Å²) in [6.07, 6.45) is 0. The van der Waals surface area contributed by atoms with E-state index in [2.05, 4.69) is 42.0 Å². The molecule has 0 aliphatic rings. The van der Waals surface area contributed by atoms with Gasteiger partial charge in [0.15, 0.2) is 0 Å². The van der Waals surface area contributed by atoms with Crippen molar-refractivity contribution < 1.29 is 39.3 Å². The molecule has 4 rings (SSSR count). The summed E-state index contributed by atoms with van der Waals surface area (Å²) in [7, 11) is 0. The smallest absolute Gasteiger partial charge is 0 e. The van der Waals surface area contributed by atoms with Crippen LogP contribution in [0.1, 0.15) is 21.0 Å². The fourth-order valence-corrected chi connectivity index (χ4v) is 3.49. The van der Waals surface area contributed by atoms with Crippen molar-refractivity contribution in [2.24, 2.45) is 0 Å². The Bertz CT molecular complexity index is 1120. The summed E-state index contributed by atoms with van der Waals surface area (Å²) in [5.74, 6) is -2.01. The SMILES string of the molecule is O=C(O)c1ccc2cccc([Se])c2n1.O=C(O)c1ccc2cccc([Se])c2n1.[Zn]. The molecule has 140 valence electrons. The van der Waals surface area contributed by atoms with E-state index in [1.54, 1.807) is 12.1 Å². The molecule has 6 nitrogen and oxygen atoms in total. The van der Waals surface area contributed by atoms with Gasteiger partial charge >= 0.3 is 177 Å². The number of fused-ring (bicyclic) bond motifs is 2. The van der Waals surface area contributed by atoms with E-state index in [0.29, 0.717) is 11.0 Å². The van der Waals surface area contributed by atoms with Crippen LogP contribution >= 0.6 is 0 Å². The first-order valence-electron chi connectivity index (χ1n) is 7.97. The molecule has 9 heteroatoms. The van der Waals surface area contributed by atoms with Gasteiger partial charge < -0.3 is 0 Å². The largest absolute Gasteiger partial charge is 0 e. The number of aromatic carboxylic acids is 2. The average Bonchev–Trinajstić information content (AvgIpc) is 2.68. The molecule has 29 heavy (non-hydrogen) atoms. The number of aromatic nitrogens is 2. The fourth-order valence-electron chi connectivity index (χ4n) is 2.48. The Morgan fingerprint density at radius 1 is 0.655 bits per heavy atom. The van der Waals surface area contributed by atoms with E-state index in [9.17, 15) is 9.59 Å². The third kappa shape index (κ3) is 5.48. The standard InChI is InChI=1S/2C10H6NO2Se.Zn/c2*12-10(13)7-5-4-6-2-1-3-8(14)9(6)11-7;/h2*1-5H,(H,12,13);. The number of carboxylic acids is 2. The summed E-state index contributed by atoms with van der Waals surface area (Å²) in [5.41, 5.74) is 1.54. The van der Waals surface area contributed by atoms with Crippen LogP contribution in [-0.2, 0) is 19.5 Å². The van der Waals surface area contributed by atoms with Gasteiger partial charge in [0, 0.05) is 19.5 Å². The maximum absolute atomic E-state index is 10.7. The van der Waals surface area contributed by atoms with Gasteiger partial charge in [0.25, 0.3) is 0 Å². The summed E-state index contributed by atoms with van der Waals surface area (Å²) in [5, 5.41) is 19.4. The number of hydrogen-bond donors (Lipinski definition) is 2. The number of benzene rings is 2. The number of carbonyl (C=O) groups is 2. The van der Waals surface area contributed by atoms with Crippen molar-refractivity contribution in [3.05, 3.63) is 72.1 Å². The summed E-state index contributed by atoms with van der Waals surface area (Å²) in [6.45, 7) is 0. The zero-order valence-corrected chi connectivity index (χ0v) is 21.3. The molecule has 0 saturated carbocycles. The van der Waals surface area contributed by atoms with Crippen LogP contribution < -0.4 is 8.92 Å². The monoisotopic (exact) mass is 568 g/mol. The molecule has 0 unspecified atom stereocenters. The number of rotatable bonds is 2. The molecule has 4 aromatic rings. The Morgan fingerprint density at radius 3 is 1.38 bits per heavy atom. The van der Waals surface area contributed by atoms with E-state index in [0.717, 1.165) is 19.7 Å². The van der Waals surface area contributed by atoms with Gasteiger partial charge in [-0.25, -0.2) is 0 Å². The second kappa shape index (κ2) is 10.1. The van der Waals surface area contributed by atoms with Crippen LogP contribution in [-0.4, -0.2) is 64.1 Å². The number of hydrogen-bond acceptors (Lipinski definition) is 4. The van der Waals surface area contributed by atoms with Crippen LogP contribution in [0.4, 0.5) is 0 Å². The molecule has 2 N–H and O–H groups in total. The van der Waals surface area contributed by atoms with E-state index < -0.39 is 11.9 Å². The molecular weight excluding hydrogens is 556 g/mol. The molecule has 0 aliphatic heterocycles. The Morgan fingerprint density at radius 2 is 1.03 bits per heavy atom. The summed E-state index contributed by atoms with van der Waals surface area (Å²) >= 11 is 5.71. The van der Waals surface area contributed by atoms with E-state index in [1.807, 2.05) is 36.4 Å². The predicted octanol–water partition coefficient (Wildman–Crippen LogP) is 1.45. The fraction of sp³-hybridized carbons (Fsp3) is 0. The van der Waals surface area contributed by atoms with Crippen molar-refractivity contribution in [2.45, 2.75) is 0 Å². The van der Waals surface area contributed by atoms with Crippen molar-refractivity contribution in [3.8, 4) is 0 Å². The zero-order valence-electron chi connectivity index (χ0n) is 14.9. The maximum atomic E-state index is 10.7. The summed E-state index contributed by atoms with van der Waals surface area (Å²) in [6, 6.07) is 17.8.